The number of aromatic hydroxyl groups is 1. The third-order valence-electron chi connectivity index (χ3n) is 6.69. The fourth-order valence-electron chi connectivity index (χ4n) is 4.69. The van der Waals surface area contributed by atoms with Crippen LogP contribution in [0.3, 0.4) is 0 Å². The molecule has 2 aliphatic heterocycles. The second-order valence-corrected chi connectivity index (χ2v) is 9.01. The van der Waals surface area contributed by atoms with Crippen molar-refractivity contribution in [2.45, 2.75) is 49.5 Å². The first kappa shape index (κ1) is 26.8. The lowest BCUT2D eigenvalue weighted by atomic mass is 9.85. The van der Waals surface area contributed by atoms with Gasteiger partial charge in [-0.3, -0.25) is 0 Å². The molecule has 4 rings (SSSR count). The van der Waals surface area contributed by atoms with Gasteiger partial charge in [-0.05, 0) is 35.8 Å². The highest BCUT2D eigenvalue weighted by Crippen LogP contribution is 2.47. The van der Waals surface area contributed by atoms with Gasteiger partial charge in [0.1, 0.15) is 36.3 Å². The Morgan fingerprint density at radius 2 is 1.78 bits per heavy atom. The fraction of sp³-hybridized carbons (Fsp3) is 0.440. The predicted molar refractivity (Wildman–Crippen MR) is 123 cm³/mol. The normalized spacial score (nSPS) is 35.5. The number of aliphatic carboxylic acids is 1. The van der Waals surface area contributed by atoms with Crippen molar-refractivity contribution in [3.63, 3.8) is 0 Å². The molecule has 0 amide bonds. The highest BCUT2D eigenvalue weighted by molar-refractivity contribution is 5.88. The maximum Gasteiger partial charge on any atom is 0.334 e. The number of carboxylic acids is 1. The molecule has 12 nitrogen and oxygen atoms in total. The SMILES string of the molecule is C=C1[C@H]2[C@H](O[C@@H]3O[C@@H](CO)[C@@H](O)[C@@H](O)[C@H]3O)OC=C(C(=O)O)[C@@H]2C[C@@H]1OC(=O)C=Cc1ccc(O)cc1. The zero-order chi connectivity index (χ0) is 26.9. The molecule has 0 spiro atoms. The molecular weight excluding hydrogens is 492 g/mol. The van der Waals surface area contributed by atoms with Gasteiger partial charge in [0, 0.05) is 12.0 Å². The molecule has 1 aromatic rings. The number of carbonyl (C=O) groups excluding carboxylic acids is 1. The third-order valence-corrected chi connectivity index (χ3v) is 6.69. The van der Waals surface area contributed by atoms with E-state index < -0.39 is 73.5 Å². The largest absolute Gasteiger partial charge is 0.508 e. The number of carboxylic acid groups (broad SMARTS) is 1. The number of phenols is 1. The van der Waals surface area contributed by atoms with E-state index in [1.807, 2.05) is 0 Å². The standard InChI is InChI=1S/C25H28O12/c1-11-16(35-18(28)7-4-12-2-5-13(27)6-3-12)8-14-15(23(32)33)10-34-24(19(11)14)37-25-22(31)21(30)20(29)17(9-26)36-25/h2-7,10,14,16-17,19-22,24-27,29-31H,1,8-9H2,(H,32,33)/t14-,16-,17-,19+,20+,21+,22+,24-,25-/m0/s1. The van der Waals surface area contributed by atoms with E-state index in [1.54, 1.807) is 12.1 Å². The number of hydrogen-bond donors (Lipinski definition) is 6. The van der Waals surface area contributed by atoms with E-state index in [1.165, 1.54) is 24.3 Å². The Bertz CT molecular complexity index is 1080. The first-order valence-electron chi connectivity index (χ1n) is 11.5. The van der Waals surface area contributed by atoms with Gasteiger partial charge < -0.3 is 49.6 Å². The molecule has 0 bridgehead atoms. The maximum atomic E-state index is 12.5. The minimum absolute atomic E-state index is 0.0783. The molecule has 1 aromatic carbocycles. The number of esters is 1. The molecular formula is C25H28O12. The number of hydrogen-bond acceptors (Lipinski definition) is 11. The first-order chi connectivity index (χ1) is 17.6. The van der Waals surface area contributed by atoms with E-state index in [4.69, 9.17) is 18.9 Å². The van der Waals surface area contributed by atoms with E-state index in [0.29, 0.717) is 11.1 Å². The van der Waals surface area contributed by atoms with Crippen molar-refractivity contribution in [3.05, 3.63) is 59.9 Å². The fourth-order valence-corrected chi connectivity index (χ4v) is 4.69. The number of aliphatic hydroxyl groups excluding tert-OH is 4. The van der Waals surface area contributed by atoms with Crippen LogP contribution in [0.2, 0.25) is 0 Å². The molecule has 0 unspecified atom stereocenters. The van der Waals surface area contributed by atoms with Gasteiger partial charge in [0.05, 0.1) is 24.4 Å². The Hall–Kier alpha value is -3.26. The summed E-state index contributed by atoms with van der Waals surface area (Å²) in [5, 5.41) is 58.7. The van der Waals surface area contributed by atoms with Crippen molar-refractivity contribution >= 4 is 18.0 Å². The number of benzene rings is 1. The number of aliphatic hydroxyl groups is 4. The molecule has 2 heterocycles. The zero-order valence-electron chi connectivity index (χ0n) is 19.5. The number of fused-ring (bicyclic) bond motifs is 1. The third kappa shape index (κ3) is 5.54. The molecule has 1 saturated heterocycles. The first-order valence-corrected chi connectivity index (χ1v) is 11.5. The van der Waals surface area contributed by atoms with Crippen molar-refractivity contribution < 1.29 is 59.2 Å². The van der Waals surface area contributed by atoms with Crippen LogP contribution >= 0.6 is 0 Å². The molecule has 37 heavy (non-hydrogen) atoms. The van der Waals surface area contributed by atoms with Crippen LogP contribution < -0.4 is 0 Å². The van der Waals surface area contributed by atoms with Gasteiger partial charge in [-0.25, -0.2) is 9.59 Å². The Morgan fingerprint density at radius 3 is 2.43 bits per heavy atom. The quantitative estimate of drug-likeness (QED) is 0.156. The second kappa shape index (κ2) is 11.0. The molecule has 3 aliphatic rings. The summed E-state index contributed by atoms with van der Waals surface area (Å²) in [6.07, 6.45) is -6.05. The summed E-state index contributed by atoms with van der Waals surface area (Å²) in [6, 6.07) is 6.13. The van der Waals surface area contributed by atoms with E-state index >= 15 is 0 Å². The number of phenolic OH excluding ortho intramolecular Hbond substituents is 1. The van der Waals surface area contributed by atoms with Crippen LogP contribution in [0.25, 0.3) is 6.08 Å². The van der Waals surface area contributed by atoms with E-state index in [2.05, 4.69) is 6.58 Å². The van der Waals surface area contributed by atoms with Gasteiger partial charge in [0.15, 0.2) is 6.29 Å². The van der Waals surface area contributed by atoms with Crippen LogP contribution in [-0.4, -0.2) is 92.3 Å². The monoisotopic (exact) mass is 520 g/mol. The van der Waals surface area contributed by atoms with E-state index in [0.717, 1.165) is 6.26 Å². The topological polar surface area (TPSA) is 192 Å². The molecule has 1 saturated carbocycles. The summed E-state index contributed by atoms with van der Waals surface area (Å²) in [4.78, 5) is 24.3. The Balaban J connectivity index is 1.49. The van der Waals surface area contributed by atoms with Crippen LogP contribution in [0.1, 0.15) is 12.0 Å². The van der Waals surface area contributed by atoms with E-state index in [9.17, 15) is 40.2 Å². The van der Waals surface area contributed by atoms with Gasteiger partial charge in [0.2, 0.25) is 6.29 Å². The Morgan fingerprint density at radius 1 is 1.08 bits per heavy atom. The predicted octanol–water partition coefficient (Wildman–Crippen LogP) is -0.349. The number of ether oxygens (including phenoxy) is 4. The molecule has 2 fully saturated rings. The summed E-state index contributed by atoms with van der Waals surface area (Å²) in [7, 11) is 0. The molecule has 0 radical (unpaired) electrons. The lowest BCUT2D eigenvalue weighted by Crippen LogP contribution is -2.60. The molecule has 12 heteroatoms. The minimum atomic E-state index is -1.70. The Labute approximate surface area is 211 Å². The lowest BCUT2D eigenvalue weighted by molar-refractivity contribution is -0.339. The second-order valence-electron chi connectivity index (χ2n) is 9.01. The highest BCUT2D eigenvalue weighted by atomic mass is 16.8. The van der Waals surface area contributed by atoms with Crippen LogP contribution in [0.4, 0.5) is 0 Å². The van der Waals surface area contributed by atoms with Crippen molar-refractivity contribution in [1.29, 1.82) is 0 Å². The van der Waals surface area contributed by atoms with Gasteiger partial charge >= 0.3 is 11.9 Å². The van der Waals surface area contributed by atoms with E-state index in [-0.39, 0.29) is 17.7 Å². The average molecular weight is 520 g/mol. The summed E-state index contributed by atoms with van der Waals surface area (Å²) >= 11 is 0. The zero-order valence-corrected chi connectivity index (χ0v) is 19.5. The van der Waals surface area contributed by atoms with Crippen LogP contribution in [0.15, 0.2) is 54.3 Å². The van der Waals surface area contributed by atoms with Gasteiger partial charge in [-0.2, -0.15) is 0 Å². The number of carbonyl (C=O) groups is 2. The smallest absolute Gasteiger partial charge is 0.334 e. The molecule has 1 aliphatic carbocycles. The van der Waals surface area contributed by atoms with Crippen LogP contribution in [0.5, 0.6) is 5.75 Å². The maximum absolute atomic E-state index is 12.5. The summed E-state index contributed by atoms with van der Waals surface area (Å²) in [5.41, 5.74) is 0.877. The molecule has 9 atom stereocenters. The Kier molecular flexibility index (Phi) is 7.97. The molecule has 200 valence electrons. The van der Waals surface area contributed by atoms with Crippen molar-refractivity contribution in [3.8, 4) is 5.75 Å². The van der Waals surface area contributed by atoms with Crippen LogP contribution in [-0.2, 0) is 28.5 Å². The molecule has 6 N–H and O–H groups in total. The number of rotatable bonds is 7. The summed E-state index contributed by atoms with van der Waals surface area (Å²) in [6.45, 7) is 3.31. The average Bonchev–Trinajstić information content (AvgIpc) is 3.19. The van der Waals surface area contributed by atoms with Crippen molar-refractivity contribution in [2.75, 3.05) is 6.61 Å². The summed E-state index contributed by atoms with van der Waals surface area (Å²) < 4.78 is 22.1. The van der Waals surface area contributed by atoms with Gasteiger partial charge in [-0.1, -0.05) is 18.7 Å². The van der Waals surface area contributed by atoms with Crippen LogP contribution in [0, 0.1) is 11.8 Å². The van der Waals surface area contributed by atoms with Crippen molar-refractivity contribution in [2.24, 2.45) is 11.8 Å². The highest BCUT2D eigenvalue weighted by Gasteiger charge is 2.53. The lowest BCUT2D eigenvalue weighted by Gasteiger charge is -2.42. The van der Waals surface area contributed by atoms with Crippen molar-refractivity contribution in [1.82, 2.24) is 0 Å². The molecule has 0 aromatic heterocycles. The van der Waals surface area contributed by atoms with Gasteiger partial charge in [0.25, 0.3) is 0 Å². The summed E-state index contributed by atoms with van der Waals surface area (Å²) in [5.74, 6) is -3.40. The minimum Gasteiger partial charge on any atom is -0.508 e. The van der Waals surface area contributed by atoms with Gasteiger partial charge in [-0.15, -0.1) is 0 Å².